The second-order valence-corrected chi connectivity index (χ2v) is 7.72. The molecule has 0 unspecified atom stereocenters. The molecule has 0 bridgehead atoms. The van der Waals surface area contributed by atoms with Gasteiger partial charge in [-0.05, 0) is 37.6 Å². The molecule has 0 spiro atoms. The van der Waals surface area contributed by atoms with Gasteiger partial charge >= 0.3 is 0 Å². The van der Waals surface area contributed by atoms with Crippen molar-refractivity contribution >= 4 is 21.6 Å². The van der Waals surface area contributed by atoms with Gasteiger partial charge in [0.25, 0.3) is 0 Å². The zero-order valence-electron chi connectivity index (χ0n) is 13.4. The smallest absolute Gasteiger partial charge is 0.247 e. The van der Waals surface area contributed by atoms with Gasteiger partial charge in [0.15, 0.2) is 0 Å². The summed E-state index contributed by atoms with van der Waals surface area (Å²) < 4.78 is 32.8. The Labute approximate surface area is 142 Å². The lowest BCUT2D eigenvalue weighted by Gasteiger charge is -2.27. The average Bonchev–Trinajstić information content (AvgIpc) is 2.53. The lowest BCUT2D eigenvalue weighted by atomic mass is 10.2. The highest BCUT2D eigenvalue weighted by Crippen LogP contribution is 2.31. The minimum absolute atomic E-state index is 0.0807. The van der Waals surface area contributed by atoms with E-state index >= 15 is 0 Å². The molecule has 0 saturated heterocycles. The van der Waals surface area contributed by atoms with Crippen molar-refractivity contribution in [2.75, 3.05) is 7.11 Å². The van der Waals surface area contributed by atoms with E-state index in [1.807, 2.05) is 44.2 Å². The highest BCUT2D eigenvalue weighted by atomic mass is 35.5. The van der Waals surface area contributed by atoms with Crippen molar-refractivity contribution in [1.29, 1.82) is 0 Å². The fraction of sp³-hybridized carbons (Fsp3) is 0.294. The first-order valence-electron chi connectivity index (χ1n) is 7.25. The molecule has 4 nitrogen and oxygen atoms in total. The summed E-state index contributed by atoms with van der Waals surface area (Å²) in [5.74, 6) is 0.285. The molecule has 0 aliphatic carbocycles. The molecule has 2 rings (SSSR count). The Morgan fingerprint density at radius 3 is 2.35 bits per heavy atom. The van der Waals surface area contributed by atoms with E-state index in [2.05, 4.69) is 0 Å². The molecule has 2 aromatic carbocycles. The molecular weight excluding hydrogens is 334 g/mol. The largest absolute Gasteiger partial charge is 0.495 e. The zero-order chi connectivity index (χ0) is 17.0. The Hall–Kier alpha value is -1.56. The molecule has 0 aromatic heterocycles. The molecule has 0 radical (unpaired) electrons. The summed E-state index contributed by atoms with van der Waals surface area (Å²) >= 11 is 5.99. The van der Waals surface area contributed by atoms with E-state index in [1.54, 1.807) is 12.1 Å². The SMILES string of the molecule is COc1ccc(Cl)cc1S(=O)(=O)N(Cc1ccccc1)C(C)C. The molecule has 0 fully saturated rings. The molecular formula is C17H20ClNO3S. The van der Waals surface area contributed by atoms with Gasteiger partial charge in [0.2, 0.25) is 10.0 Å². The van der Waals surface area contributed by atoms with Crippen LogP contribution in [0.1, 0.15) is 19.4 Å². The third-order valence-electron chi connectivity index (χ3n) is 3.47. The topological polar surface area (TPSA) is 46.6 Å². The van der Waals surface area contributed by atoms with Crippen molar-refractivity contribution in [3.8, 4) is 5.75 Å². The second kappa shape index (κ2) is 7.34. The van der Waals surface area contributed by atoms with Crippen LogP contribution in [0.4, 0.5) is 0 Å². The van der Waals surface area contributed by atoms with Gasteiger partial charge in [0.1, 0.15) is 10.6 Å². The van der Waals surface area contributed by atoms with Crippen molar-refractivity contribution in [1.82, 2.24) is 4.31 Å². The van der Waals surface area contributed by atoms with E-state index in [1.165, 1.54) is 17.5 Å². The van der Waals surface area contributed by atoms with Crippen molar-refractivity contribution < 1.29 is 13.2 Å². The van der Waals surface area contributed by atoms with E-state index in [0.29, 0.717) is 5.02 Å². The van der Waals surface area contributed by atoms with Crippen LogP contribution < -0.4 is 4.74 Å². The summed E-state index contributed by atoms with van der Waals surface area (Å²) in [4.78, 5) is 0.0807. The normalized spacial score (nSPS) is 11.9. The van der Waals surface area contributed by atoms with Crippen LogP contribution in [0.5, 0.6) is 5.75 Å². The lowest BCUT2D eigenvalue weighted by molar-refractivity contribution is 0.343. The second-order valence-electron chi connectivity index (χ2n) is 5.42. The third-order valence-corrected chi connectivity index (χ3v) is 5.75. The maximum atomic E-state index is 13.1. The number of hydrogen-bond donors (Lipinski definition) is 0. The maximum absolute atomic E-state index is 13.1. The molecule has 0 saturated carbocycles. The van der Waals surface area contributed by atoms with Gasteiger partial charge in [-0.15, -0.1) is 0 Å². The number of rotatable bonds is 6. The Balaban J connectivity index is 2.47. The number of nitrogens with zero attached hydrogens (tertiary/aromatic N) is 1. The summed E-state index contributed by atoms with van der Waals surface area (Å²) in [5, 5.41) is 0.354. The van der Waals surface area contributed by atoms with Crippen LogP contribution in [-0.4, -0.2) is 25.9 Å². The Bertz CT molecular complexity index is 761. The number of ether oxygens (including phenoxy) is 1. The summed E-state index contributed by atoms with van der Waals surface area (Å²) in [6.07, 6.45) is 0. The Kier molecular flexibility index (Phi) is 5.68. The van der Waals surface area contributed by atoms with Gasteiger partial charge in [-0.3, -0.25) is 0 Å². The van der Waals surface area contributed by atoms with Gasteiger partial charge in [-0.2, -0.15) is 4.31 Å². The molecule has 0 atom stereocenters. The molecule has 0 heterocycles. The van der Waals surface area contributed by atoms with E-state index in [9.17, 15) is 8.42 Å². The number of hydrogen-bond acceptors (Lipinski definition) is 3. The first-order valence-corrected chi connectivity index (χ1v) is 9.07. The van der Waals surface area contributed by atoms with E-state index in [0.717, 1.165) is 5.56 Å². The number of benzene rings is 2. The highest BCUT2D eigenvalue weighted by molar-refractivity contribution is 7.89. The summed E-state index contributed by atoms with van der Waals surface area (Å²) in [5.41, 5.74) is 0.922. The van der Waals surface area contributed by atoms with Gasteiger partial charge in [0.05, 0.1) is 7.11 Å². The van der Waals surface area contributed by atoms with E-state index in [-0.39, 0.29) is 23.2 Å². The predicted molar refractivity (Wildman–Crippen MR) is 92.3 cm³/mol. The van der Waals surface area contributed by atoms with Crippen LogP contribution in [0.15, 0.2) is 53.4 Å². The van der Waals surface area contributed by atoms with Crippen LogP contribution in [-0.2, 0) is 16.6 Å². The highest BCUT2D eigenvalue weighted by Gasteiger charge is 2.30. The zero-order valence-corrected chi connectivity index (χ0v) is 14.9. The number of halogens is 1. The first kappa shape index (κ1) is 17.8. The molecule has 2 aromatic rings. The Morgan fingerprint density at radius 2 is 1.78 bits per heavy atom. The summed E-state index contributed by atoms with van der Waals surface area (Å²) in [7, 11) is -2.30. The van der Waals surface area contributed by atoms with Crippen LogP contribution >= 0.6 is 11.6 Å². The third kappa shape index (κ3) is 4.05. The van der Waals surface area contributed by atoms with Crippen LogP contribution in [0.2, 0.25) is 5.02 Å². The molecule has 23 heavy (non-hydrogen) atoms. The van der Waals surface area contributed by atoms with Gasteiger partial charge < -0.3 is 4.74 Å². The lowest BCUT2D eigenvalue weighted by Crippen LogP contribution is -2.36. The summed E-state index contributed by atoms with van der Waals surface area (Å²) in [6.45, 7) is 3.98. The molecule has 0 aliphatic rings. The van der Waals surface area contributed by atoms with E-state index in [4.69, 9.17) is 16.3 Å². The fourth-order valence-electron chi connectivity index (χ4n) is 2.29. The minimum Gasteiger partial charge on any atom is -0.495 e. The van der Waals surface area contributed by atoms with Crippen LogP contribution in [0.3, 0.4) is 0 Å². The van der Waals surface area contributed by atoms with Crippen LogP contribution in [0, 0.1) is 0 Å². The van der Waals surface area contributed by atoms with Crippen molar-refractivity contribution in [3.05, 3.63) is 59.1 Å². The predicted octanol–water partition coefficient (Wildman–Crippen LogP) is 3.95. The molecule has 124 valence electrons. The van der Waals surface area contributed by atoms with Gasteiger partial charge in [0, 0.05) is 17.6 Å². The molecule has 6 heteroatoms. The van der Waals surface area contributed by atoms with Crippen LogP contribution in [0.25, 0.3) is 0 Å². The molecule has 0 amide bonds. The maximum Gasteiger partial charge on any atom is 0.247 e. The number of methoxy groups -OCH3 is 1. The quantitative estimate of drug-likeness (QED) is 0.790. The standard InChI is InChI=1S/C17H20ClNO3S/c1-13(2)19(12-14-7-5-4-6-8-14)23(20,21)17-11-15(18)9-10-16(17)22-3/h4-11,13H,12H2,1-3H3. The summed E-state index contributed by atoms with van der Waals surface area (Å²) in [6, 6.07) is 13.9. The molecule has 0 N–H and O–H groups in total. The van der Waals surface area contributed by atoms with Crippen molar-refractivity contribution in [2.24, 2.45) is 0 Å². The molecule has 0 aliphatic heterocycles. The van der Waals surface area contributed by atoms with Gasteiger partial charge in [-0.25, -0.2) is 8.42 Å². The van der Waals surface area contributed by atoms with Crippen molar-refractivity contribution in [2.45, 2.75) is 31.3 Å². The average molecular weight is 354 g/mol. The minimum atomic E-state index is -3.74. The first-order chi connectivity index (χ1) is 10.9. The van der Waals surface area contributed by atoms with E-state index < -0.39 is 10.0 Å². The van der Waals surface area contributed by atoms with Crippen molar-refractivity contribution in [3.63, 3.8) is 0 Å². The fourth-order valence-corrected chi connectivity index (χ4v) is 4.33. The number of sulfonamides is 1. The monoisotopic (exact) mass is 353 g/mol. The van der Waals surface area contributed by atoms with Gasteiger partial charge in [-0.1, -0.05) is 41.9 Å². The Morgan fingerprint density at radius 1 is 1.13 bits per heavy atom.